The van der Waals surface area contributed by atoms with Crippen molar-refractivity contribution < 1.29 is 0 Å². The van der Waals surface area contributed by atoms with Crippen LogP contribution in [0.1, 0.15) is 19.8 Å². The lowest BCUT2D eigenvalue weighted by Gasteiger charge is -2.23. The van der Waals surface area contributed by atoms with Crippen molar-refractivity contribution in [1.82, 2.24) is 14.9 Å². The Morgan fingerprint density at radius 1 is 1.35 bits per heavy atom. The van der Waals surface area contributed by atoms with Gasteiger partial charge in [-0.15, -0.1) is 0 Å². The van der Waals surface area contributed by atoms with E-state index >= 15 is 0 Å². The molecule has 0 saturated carbocycles. The Labute approximate surface area is 126 Å². The maximum Gasteiger partial charge on any atom is 0.191 e. The van der Waals surface area contributed by atoms with Crippen molar-refractivity contribution in [3.8, 4) is 0 Å². The van der Waals surface area contributed by atoms with Gasteiger partial charge < -0.3 is 15.1 Å². The summed E-state index contributed by atoms with van der Waals surface area (Å²) in [6.07, 6.45) is 4.70. The molecule has 5 nitrogen and oxygen atoms in total. The maximum absolute atomic E-state index is 4.60. The van der Waals surface area contributed by atoms with Crippen LogP contribution < -0.4 is 10.2 Å². The smallest absolute Gasteiger partial charge is 0.191 e. The Kier molecular flexibility index (Phi) is 5.91. The molecule has 1 aliphatic heterocycles. The van der Waals surface area contributed by atoms with E-state index in [4.69, 9.17) is 0 Å². The molecule has 0 radical (unpaired) electrons. The summed E-state index contributed by atoms with van der Waals surface area (Å²) in [6.45, 7) is 7.58. The maximum atomic E-state index is 4.60. The molecule has 0 spiro atoms. The van der Waals surface area contributed by atoms with Gasteiger partial charge in [0.1, 0.15) is 11.6 Å². The van der Waals surface area contributed by atoms with Crippen LogP contribution in [0.25, 0.3) is 0 Å². The van der Waals surface area contributed by atoms with Gasteiger partial charge in [0.05, 0.1) is 0 Å². The third kappa shape index (κ3) is 4.24. The number of thioether (sulfide) groups is 1. The van der Waals surface area contributed by atoms with Crippen LogP contribution in [0, 0.1) is 0 Å². The van der Waals surface area contributed by atoms with Gasteiger partial charge in [0.15, 0.2) is 5.16 Å². The zero-order valence-electron chi connectivity index (χ0n) is 12.7. The highest BCUT2D eigenvalue weighted by Crippen LogP contribution is 2.19. The number of anilines is 2. The van der Waals surface area contributed by atoms with Crippen LogP contribution in [0.15, 0.2) is 11.2 Å². The highest BCUT2D eigenvalue weighted by Gasteiger charge is 2.13. The van der Waals surface area contributed by atoms with Gasteiger partial charge in [-0.3, -0.25) is 0 Å². The van der Waals surface area contributed by atoms with Gasteiger partial charge in [0.25, 0.3) is 0 Å². The van der Waals surface area contributed by atoms with E-state index in [1.54, 1.807) is 11.8 Å². The second kappa shape index (κ2) is 7.69. The standard InChI is InChI=1S/C14H25N5S/c1-4-15-12-11-13(17-14(16-12)20-3)18(2)9-10-19-7-5-6-8-19/h11H,4-10H2,1-3H3,(H,15,16,17). The molecule has 2 rings (SSSR count). The first kappa shape index (κ1) is 15.4. The summed E-state index contributed by atoms with van der Waals surface area (Å²) in [7, 11) is 2.11. The molecule has 0 aliphatic carbocycles. The summed E-state index contributed by atoms with van der Waals surface area (Å²) in [5, 5.41) is 4.10. The first-order valence-electron chi connectivity index (χ1n) is 7.33. The number of likely N-dealkylation sites (tertiary alicyclic amines) is 1. The molecule has 0 atom stereocenters. The van der Waals surface area contributed by atoms with E-state index in [0.717, 1.165) is 36.4 Å². The predicted octanol–water partition coefficient (Wildman–Crippen LogP) is 2.16. The summed E-state index contributed by atoms with van der Waals surface area (Å²) in [5.74, 6) is 1.91. The Balaban J connectivity index is 1.99. The van der Waals surface area contributed by atoms with Crippen molar-refractivity contribution in [3.05, 3.63) is 6.07 Å². The molecule has 6 heteroatoms. The molecular formula is C14H25N5S. The molecular weight excluding hydrogens is 270 g/mol. The lowest BCUT2D eigenvalue weighted by atomic mass is 10.4. The lowest BCUT2D eigenvalue weighted by Crippen LogP contribution is -2.31. The van der Waals surface area contributed by atoms with Crippen LogP contribution in [0.3, 0.4) is 0 Å². The summed E-state index contributed by atoms with van der Waals surface area (Å²) in [6, 6.07) is 2.03. The molecule has 0 amide bonds. The van der Waals surface area contributed by atoms with Crippen LogP contribution in [-0.4, -0.2) is 60.9 Å². The summed E-state index contributed by atoms with van der Waals surface area (Å²) >= 11 is 1.58. The van der Waals surface area contributed by atoms with Gasteiger partial charge in [-0.2, -0.15) is 0 Å². The average Bonchev–Trinajstić information content (AvgIpc) is 2.98. The molecule has 0 unspecified atom stereocenters. The van der Waals surface area contributed by atoms with Crippen molar-refractivity contribution >= 4 is 23.4 Å². The van der Waals surface area contributed by atoms with Crippen LogP contribution in [-0.2, 0) is 0 Å². The Hall–Kier alpha value is -1.01. The molecule has 0 aromatic carbocycles. The largest absolute Gasteiger partial charge is 0.370 e. The second-order valence-electron chi connectivity index (χ2n) is 5.10. The number of hydrogen-bond donors (Lipinski definition) is 1. The number of aromatic nitrogens is 2. The van der Waals surface area contributed by atoms with Crippen molar-refractivity contribution in [1.29, 1.82) is 0 Å². The molecule has 1 aromatic heterocycles. The van der Waals surface area contributed by atoms with Crippen molar-refractivity contribution in [2.75, 3.05) is 56.2 Å². The third-order valence-electron chi connectivity index (χ3n) is 3.57. The van der Waals surface area contributed by atoms with E-state index < -0.39 is 0 Å². The zero-order valence-corrected chi connectivity index (χ0v) is 13.5. The number of nitrogens with one attached hydrogen (secondary N) is 1. The van der Waals surface area contributed by atoms with Gasteiger partial charge in [0, 0.05) is 32.7 Å². The van der Waals surface area contributed by atoms with Crippen LogP contribution >= 0.6 is 11.8 Å². The fraction of sp³-hybridized carbons (Fsp3) is 0.714. The monoisotopic (exact) mass is 295 g/mol. The van der Waals surface area contributed by atoms with E-state index in [0.29, 0.717) is 0 Å². The molecule has 0 bridgehead atoms. The van der Waals surface area contributed by atoms with E-state index in [9.17, 15) is 0 Å². The Morgan fingerprint density at radius 2 is 2.10 bits per heavy atom. The highest BCUT2D eigenvalue weighted by atomic mass is 32.2. The lowest BCUT2D eigenvalue weighted by molar-refractivity contribution is 0.346. The van der Waals surface area contributed by atoms with Crippen molar-refractivity contribution in [3.63, 3.8) is 0 Å². The Morgan fingerprint density at radius 3 is 2.75 bits per heavy atom. The predicted molar refractivity (Wildman–Crippen MR) is 86.9 cm³/mol. The van der Waals surface area contributed by atoms with Gasteiger partial charge in [-0.1, -0.05) is 11.8 Å². The first-order chi connectivity index (χ1) is 9.72. The second-order valence-corrected chi connectivity index (χ2v) is 5.87. The average molecular weight is 295 g/mol. The Bertz CT molecular complexity index is 420. The van der Waals surface area contributed by atoms with E-state index in [-0.39, 0.29) is 0 Å². The van der Waals surface area contributed by atoms with Crippen molar-refractivity contribution in [2.24, 2.45) is 0 Å². The number of rotatable bonds is 7. The fourth-order valence-electron chi connectivity index (χ4n) is 2.38. The van der Waals surface area contributed by atoms with Crippen LogP contribution in [0.2, 0.25) is 0 Å². The number of nitrogens with zero attached hydrogens (tertiary/aromatic N) is 4. The van der Waals surface area contributed by atoms with E-state index in [1.807, 2.05) is 12.3 Å². The summed E-state index contributed by atoms with van der Waals surface area (Å²) in [4.78, 5) is 13.8. The van der Waals surface area contributed by atoms with Crippen LogP contribution in [0.4, 0.5) is 11.6 Å². The minimum Gasteiger partial charge on any atom is -0.370 e. The minimum atomic E-state index is 0.825. The first-order valence-corrected chi connectivity index (χ1v) is 8.56. The zero-order chi connectivity index (χ0) is 14.4. The molecule has 1 N–H and O–H groups in total. The van der Waals surface area contributed by atoms with Gasteiger partial charge >= 0.3 is 0 Å². The molecule has 1 saturated heterocycles. The third-order valence-corrected chi connectivity index (χ3v) is 4.12. The molecule has 1 fully saturated rings. The minimum absolute atomic E-state index is 0.825. The molecule has 20 heavy (non-hydrogen) atoms. The van der Waals surface area contributed by atoms with Gasteiger partial charge in [-0.25, -0.2) is 9.97 Å². The SMILES string of the molecule is CCNc1cc(N(C)CCN2CCCC2)nc(SC)n1. The molecule has 112 valence electrons. The highest BCUT2D eigenvalue weighted by molar-refractivity contribution is 7.98. The number of hydrogen-bond acceptors (Lipinski definition) is 6. The van der Waals surface area contributed by atoms with Crippen molar-refractivity contribution in [2.45, 2.75) is 24.9 Å². The molecule has 1 aliphatic rings. The van der Waals surface area contributed by atoms with Crippen LogP contribution in [0.5, 0.6) is 0 Å². The van der Waals surface area contributed by atoms with E-state index in [1.165, 1.54) is 25.9 Å². The quantitative estimate of drug-likeness (QED) is 0.614. The van der Waals surface area contributed by atoms with Gasteiger partial charge in [-0.05, 0) is 39.1 Å². The van der Waals surface area contributed by atoms with Gasteiger partial charge in [0.2, 0.25) is 0 Å². The fourth-order valence-corrected chi connectivity index (χ4v) is 2.76. The summed E-state index contributed by atoms with van der Waals surface area (Å²) < 4.78 is 0. The normalized spacial score (nSPS) is 15.6. The van der Waals surface area contributed by atoms with E-state index in [2.05, 4.69) is 39.1 Å². The summed E-state index contributed by atoms with van der Waals surface area (Å²) in [5.41, 5.74) is 0. The topological polar surface area (TPSA) is 44.3 Å². The molecule has 1 aromatic rings. The number of likely N-dealkylation sites (N-methyl/N-ethyl adjacent to an activating group) is 1. The molecule has 2 heterocycles.